The van der Waals surface area contributed by atoms with Crippen molar-refractivity contribution in [1.29, 1.82) is 0 Å². The fraction of sp³-hybridized carbons (Fsp3) is 0.571. The van der Waals surface area contributed by atoms with Crippen LogP contribution in [0.25, 0.3) is 0 Å². The van der Waals surface area contributed by atoms with Crippen LogP contribution in [0, 0.1) is 0 Å². The molecule has 1 amide bonds. The first-order valence-electron chi connectivity index (χ1n) is 7.10. The normalized spacial score (nSPS) is 17.3. The number of nitrogens with one attached hydrogen (secondary N) is 2. The zero-order valence-electron chi connectivity index (χ0n) is 11.9. The van der Waals surface area contributed by atoms with Crippen molar-refractivity contribution in [3.05, 3.63) is 23.9 Å². The minimum atomic E-state index is -4.49. The average molecular weight is 317 g/mol. The van der Waals surface area contributed by atoms with Crippen molar-refractivity contribution in [1.82, 2.24) is 10.3 Å². The second-order valence-electron chi connectivity index (χ2n) is 5.32. The molecule has 8 heteroatoms. The van der Waals surface area contributed by atoms with E-state index in [4.69, 9.17) is 0 Å². The van der Waals surface area contributed by atoms with Gasteiger partial charge in [0.1, 0.15) is 11.4 Å². The summed E-state index contributed by atoms with van der Waals surface area (Å²) >= 11 is 0. The van der Waals surface area contributed by atoms with Gasteiger partial charge < -0.3 is 15.7 Å². The van der Waals surface area contributed by atoms with Gasteiger partial charge in [-0.05, 0) is 37.8 Å². The molecule has 1 aliphatic carbocycles. The Morgan fingerprint density at radius 1 is 1.32 bits per heavy atom. The minimum absolute atomic E-state index is 0.0852. The first kappa shape index (κ1) is 16.5. The number of pyridine rings is 1. The Hall–Kier alpha value is -1.83. The molecule has 1 fully saturated rings. The molecule has 3 N–H and O–H groups in total. The van der Waals surface area contributed by atoms with Crippen molar-refractivity contribution in [3.8, 4) is 0 Å². The van der Waals surface area contributed by atoms with Crippen molar-refractivity contribution >= 4 is 11.7 Å². The van der Waals surface area contributed by atoms with E-state index in [-0.39, 0.29) is 18.9 Å². The Kier molecular flexibility index (Phi) is 4.90. The molecule has 0 atom stereocenters. The van der Waals surface area contributed by atoms with Crippen LogP contribution < -0.4 is 10.6 Å². The van der Waals surface area contributed by atoms with Crippen molar-refractivity contribution in [2.45, 2.75) is 37.5 Å². The summed E-state index contributed by atoms with van der Waals surface area (Å²) < 4.78 is 38.3. The average Bonchev–Trinajstić information content (AvgIpc) is 2.91. The van der Waals surface area contributed by atoms with Gasteiger partial charge in [-0.25, -0.2) is 4.98 Å². The maximum absolute atomic E-state index is 12.8. The number of halogens is 3. The van der Waals surface area contributed by atoms with Crippen LogP contribution in [-0.4, -0.2) is 34.7 Å². The zero-order valence-corrected chi connectivity index (χ0v) is 11.9. The van der Waals surface area contributed by atoms with E-state index in [0.29, 0.717) is 12.8 Å². The van der Waals surface area contributed by atoms with Gasteiger partial charge >= 0.3 is 6.18 Å². The summed E-state index contributed by atoms with van der Waals surface area (Å²) in [5, 5.41) is 15.1. The van der Waals surface area contributed by atoms with E-state index in [1.165, 1.54) is 12.3 Å². The summed E-state index contributed by atoms with van der Waals surface area (Å²) in [4.78, 5) is 15.5. The lowest BCUT2D eigenvalue weighted by Gasteiger charge is -2.21. The number of hydrogen-bond donors (Lipinski definition) is 3. The van der Waals surface area contributed by atoms with E-state index in [9.17, 15) is 23.1 Å². The molecule has 0 saturated heterocycles. The van der Waals surface area contributed by atoms with Gasteiger partial charge in [0.2, 0.25) is 0 Å². The molecule has 1 heterocycles. The Morgan fingerprint density at radius 2 is 2.00 bits per heavy atom. The van der Waals surface area contributed by atoms with Crippen LogP contribution >= 0.6 is 0 Å². The van der Waals surface area contributed by atoms with Crippen LogP contribution in [-0.2, 0) is 11.0 Å². The molecule has 1 saturated carbocycles. The van der Waals surface area contributed by atoms with Gasteiger partial charge in [-0.15, -0.1) is 0 Å². The third-order valence-corrected chi connectivity index (χ3v) is 3.67. The second-order valence-corrected chi connectivity index (χ2v) is 5.32. The first-order chi connectivity index (χ1) is 10.3. The fourth-order valence-electron chi connectivity index (χ4n) is 2.48. The molecule has 122 valence electrons. The van der Waals surface area contributed by atoms with E-state index in [1.54, 1.807) is 0 Å². The number of anilines is 1. The number of amides is 1. The maximum Gasteiger partial charge on any atom is 0.419 e. The molecule has 2 rings (SSSR count). The third-order valence-electron chi connectivity index (χ3n) is 3.67. The van der Waals surface area contributed by atoms with E-state index >= 15 is 0 Å². The van der Waals surface area contributed by atoms with Gasteiger partial charge in [0.25, 0.3) is 5.91 Å². The smallest absolute Gasteiger partial charge is 0.380 e. The number of rotatable bonds is 5. The highest BCUT2D eigenvalue weighted by Gasteiger charge is 2.38. The highest BCUT2D eigenvalue weighted by molar-refractivity contribution is 5.85. The molecule has 0 aliphatic heterocycles. The summed E-state index contributed by atoms with van der Waals surface area (Å²) in [6, 6.07) is 2.15. The van der Waals surface area contributed by atoms with E-state index in [0.717, 1.165) is 18.9 Å². The lowest BCUT2D eigenvalue weighted by atomic mass is 10.0. The minimum Gasteiger partial charge on any atom is -0.380 e. The Labute approximate surface area is 125 Å². The van der Waals surface area contributed by atoms with Gasteiger partial charge in [0.15, 0.2) is 0 Å². The number of aliphatic hydroxyl groups is 1. The fourth-order valence-corrected chi connectivity index (χ4v) is 2.48. The van der Waals surface area contributed by atoms with Crippen LogP contribution in [0.2, 0.25) is 0 Å². The molecule has 0 unspecified atom stereocenters. The summed E-state index contributed by atoms with van der Waals surface area (Å²) in [5.74, 6) is -0.743. The van der Waals surface area contributed by atoms with Gasteiger partial charge in [0.05, 0.1) is 5.56 Å². The molecule has 5 nitrogen and oxygen atoms in total. The molecule has 1 aliphatic rings. The van der Waals surface area contributed by atoms with Crippen LogP contribution in [0.1, 0.15) is 31.2 Å². The van der Waals surface area contributed by atoms with Crippen molar-refractivity contribution in [2.75, 3.05) is 18.4 Å². The van der Waals surface area contributed by atoms with Crippen LogP contribution in [0.3, 0.4) is 0 Å². The topological polar surface area (TPSA) is 74.2 Å². The standard InChI is InChI=1S/C14H18F3N3O2/c15-14(16,17)10-4-3-7-18-11(10)19-8-9-20-12(21)13(22)5-1-2-6-13/h3-4,7,22H,1-2,5-6,8-9H2,(H,18,19)(H,20,21). The number of aromatic nitrogens is 1. The SMILES string of the molecule is O=C(NCCNc1ncccc1C(F)(F)F)C1(O)CCCC1. The number of nitrogens with zero attached hydrogens (tertiary/aromatic N) is 1. The van der Waals surface area contributed by atoms with E-state index in [2.05, 4.69) is 15.6 Å². The summed E-state index contributed by atoms with van der Waals surface area (Å²) in [5.41, 5.74) is -2.18. The molecule has 22 heavy (non-hydrogen) atoms. The summed E-state index contributed by atoms with van der Waals surface area (Å²) in [7, 11) is 0. The largest absolute Gasteiger partial charge is 0.419 e. The third kappa shape index (κ3) is 3.88. The summed E-state index contributed by atoms with van der Waals surface area (Å²) in [6.07, 6.45) is -0.790. The van der Waals surface area contributed by atoms with Gasteiger partial charge in [-0.1, -0.05) is 0 Å². The van der Waals surface area contributed by atoms with Crippen molar-refractivity contribution in [3.63, 3.8) is 0 Å². The number of alkyl halides is 3. The zero-order chi connectivity index (χ0) is 16.2. The van der Waals surface area contributed by atoms with Gasteiger partial charge in [-0.2, -0.15) is 13.2 Å². The number of hydrogen-bond acceptors (Lipinski definition) is 4. The van der Waals surface area contributed by atoms with Gasteiger partial charge in [-0.3, -0.25) is 4.79 Å². The monoisotopic (exact) mass is 317 g/mol. The van der Waals surface area contributed by atoms with Crippen LogP contribution in [0.5, 0.6) is 0 Å². The number of carbonyl (C=O) groups is 1. The highest BCUT2D eigenvalue weighted by atomic mass is 19.4. The molecular weight excluding hydrogens is 299 g/mol. The molecular formula is C14H18F3N3O2. The molecule has 0 radical (unpaired) electrons. The lowest BCUT2D eigenvalue weighted by Crippen LogP contribution is -2.46. The highest BCUT2D eigenvalue weighted by Crippen LogP contribution is 2.33. The Bertz CT molecular complexity index is 528. The van der Waals surface area contributed by atoms with Crippen molar-refractivity contribution < 1.29 is 23.1 Å². The number of carbonyl (C=O) groups excluding carboxylic acids is 1. The molecule has 0 aromatic carbocycles. The molecule has 0 spiro atoms. The quantitative estimate of drug-likeness (QED) is 0.726. The van der Waals surface area contributed by atoms with E-state index in [1.807, 2.05) is 0 Å². The van der Waals surface area contributed by atoms with Crippen LogP contribution in [0.15, 0.2) is 18.3 Å². The summed E-state index contributed by atoms with van der Waals surface area (Å²) in [6.45, 7) is 0.191. The second kappa shape index (κ2) is 6.51. The van der Waals surface area contributed by atoms with E-state index < -0.39 is 23.2 Å². The Balaban J connectivity index is 1.83. The molecule has 1 aromatic rings. The maximum atomic E-state index is 12.8. The molecule has 1 aromatic heterocycles. The lowest BCUT2D eigenvalue weighted by molar-refractivity contribution is -0.139. The predicted molar refractivity (Wildman–Crippen MR) is 74.2 cm³/mol. The van der Waals surface area contributed by atoms with Crippen LogP contribution in [0.4, 0.5) is 19.0 Å². The Morgan fingerprint density at radius 3 is 2.64 bits per heavy atom. The van der Waals surface area contributed by atoms with Gasteiger partial charge in [0, 0.05) is 19.3 Å². The van der Waals surface area contributed by atoms with Crippen molar-refractivity contribution in [2.24, 2.45) is 0 Å². The molecule has 0 bridgehead atoms. The first-order valence-corrected chi connectivity index (χ1v) is 7.10. The predicted octanol–water partition coefficient (Wildman–Crippen LogP) is 1.93.